The number of rotatable bonds is 4. The Kier molecular flexibility index (Phi) is 8.78. The van der Waals surface area contributed by atoms with Crippen LogP contribution in [0.1, 0.15) is 16.7 Å². The molecule has 0 bridgehead atoms. The summed E-state index contributed by atoms with van der Waals surface area (Å²) in [5, 5.41) is 29.7. The molecule has 0 atom stereocenters. The summed E-state index contributed by atoms with van der Waals surface area (Å²) in [6.07, 6.45) is 0. The molecular weight excluding hydrogens is 971 g/mol. The van der Waals surface area contributed by atoms with Gasteiger partial charge in [0.05, 0.1) is 66.9 Å². The second kappa shape index (κ2) is 15.4. The first-order valence-corrected chi connectivity index (χ1v) is 24.1. The lowest BCUT2D eigenvalue weighted by Gasteiger charge is -2.27. The third-order valence-electron chi connectivity index (χ3n) is 15.0. The first-order chi connectivity index (χ1) is 37.0. The maximum absolute atomic E-state index is 15.7. The molecule has 0 spiro atoms. The lowest BCUT2D eigenvalue weighted by Crippen LogP contribution is -2.17. The van der Waals surface area contributed by atoms with E-state index in [1.807, 2.05) is 66.1 Å². The lowest BCUT2D eigenvalue weighted by molar-refractivity contribution is 0.628. The van der Waals surface area contributed by atoms with Crippen molar-refractivity contribution in [3.63, 3.8) is 0 Å². The number of aryl methyl sites for hydroxylation is 1. The van der Waals surface area contributed by atoms with Gasteiger partial charge >= 0.3 is 0 Å². The minimum Gasteiger partial charge on any atom is -0.454 e. The van der Waals surface area contributed by atoms with Crippen LogP contribution < -0.4 is 0 Å². The average Bonchev–Trinajstić information content (AvgIpc) is 4.38. The standard InChI is InChI=1S/C63H30F6N6O/c1-31-6-15-56-41(22-31)39-13-14-40-38-4-2-3-5-57(38)76-63(40)62(39)75(56)61-49(30-71)59(73-52-18-9-34(66)25-44(52)45-26-35(67)10-19-53(45)73)58(72-50-16-7-32(64)23-42(50)43-24-33(65)8-17-51(43)72)48(29-70)60(61)74-54-20-11-36(68)27-46(54)47-28-37(69)12-21-55(47)74/h2-28H,1H3. The predicted octanol–water partition coefficient (Wildman–Crippen LogP) is 16.9. The summed E-state index contributed by atoms with van der Waals surface area (Å²) in [4.78, 5) is 0. The van der Waals surface area contributed by atoms with Gasteiger partial charge in [0.25, 0.3) is 0 Å². The summed E-state index contributed by atoms with van der Waals surface area (Å²) in [6.45, 7) is 1.96. The molecule has 15 aromatic rings. The largest absolute Gasteiger partial charge is 0.454 e. The van der Waals surface area contributed by atoms with Crippen LogP contribution in [0.3, 0.4) is 0 Å². The third kappa shape index (κ3) is 5.76. The molecule has 0 unspecified atom stereocenters. The van der Waals surface area contributed by atoms with Gasteiger partial charge in [-0.25, -0.2) is 26.3 Å². The quantitative estimate of drug-likeness (QED) is 0.165. The smallest absolute Gasteiger partial charge is 0.160 e. The fourth-order valence-electron chi connectivity index (χ4n) is 12.0. The van der Waals surface area contributed by atoms with Crippen LogP contribution in [-0.2, 0) is 0 Å². The van der Waals surface area contributed by atoms with E-state index < -0.39 is 34.9 Å². The highest BCUT2D eigenvalue weighted by Crippen LogP contribution is 2.50. The van der Waals surface area contributed by atoms with Crippen molar-refractivity contribution in [2.24, 2.45) is 0 Å². The van der Waals surface area contributed by atoms with E-state index in [-0.39, 0.29) is 55.4 Å². The van der Waals surface area contributed by atoms with Crippen LogP contribution >= 0.6 is 0 Å². The number of hydrogen-bond acceptors (Lipinski definition) is 3. The second-order valence-corrected chi connectivity index (χ2v) is 19.1. The van der Waals surface area contributed by atoms with Crippen molar-refractivity contribution in [2.45, 2.75) is 6.92 Å². The molecule has 0 radical (unpaired) electrons. The van der Waals surface area contributed by atoms with E-state index in [0.717, 1.165) is 27.1 Å². The van der Waals surface area contributed by atoms with E-state index in [4.69, 9.17) is 4.42 Å². The molecule has 0 saturated carbocycles. The monoisotopic (exact) mass is 1000 g/mol. The van der Waals surface area contributed by atoms with Crippen molar-refractivity contribution in [3.8, 4) is 34.9 Å². The molecule has 15 rings (SSSR count). The van der Waals surface area contributed by atoms with Crippen LogP contribution in [0.15, 0.2) is 168 Å². The SMILES string of the molecule is Cc1ccc2c(c1)c1ccc3c4ccccc4oc3c1n2-c1c(C#N)c(-n2c3ccc(F)cc3c3cc(F)ccc32)c(-n2c3ccc(F)cc3c3cc(F)ccc32)c(C#N)c1-n1c2ccc(F)cc2c2cc(F)ccc21. The number of hydrogen-bond donors (Lipinski definition) is 0. The van der Waals surface area contributed by atoms with Gasteiger partial charge in [-0.1, -0.05) is 35.9 Å². The van der Waals surface area contributed by atoms with Crippen molar-refractivity contribution < 1.29 is 30.8 Å². The fourth-order valence-corrected chi connectivity index (χ4v) is 12.0. The first kappa shape index (κ1) is 43.4. The van der Waals surface area contributed by atoms with Crippen LogP contribution in [-0.4, -0.2) is 18.3 Å². The highest BCUT2D eigenvalue weighted by atomic mass is 19.1. The predicted molar refractivity (Wildman–Crippen MR) is 285 cm³/mol. The zero-order chi connectivity index (χ0) is 51.6. The zero-order valence-corrected chi connectivity index (χ0v) is 39.4. The normalized spacial score (nSPS) is 12.1. The zero-order valence-electron chi connectivity index (χ0n) is 39.4. The molecule has 0 aliphatic heterocycles. The van der Waals surface area contributed by atoms with Gasteiger partial charge in [-0.15, -0.1) is 0 Å². The lowest BCUT2D eigenvalue weighted by atomic mass is 9.98. The Morgan fingerprint density at radius 3 is 1.07 bits per heavy atom. The molecule has 360 valence electrons. The average molecular weight is 1000 g/mol. The number of furan rings is 1. The highest BCUT2D eigenvalue weighted by Gasteiger charge is 2.35. The van der Waals surface area contributed by atoms with Crippen molar-refractivity contribution in [2.75, 3.05) is 0 Å². The number of nitrogens with zero attached hydrogens (tertiary/aromatic N) is 6. The van der Waals surface area contributed by atoms with Gasteiger partial charge in [0.2, 0.25) is 0 Å². The molecule has 0 fully saturated rings. The Balaban J connectivity index is 1.29. The van der Waals surface area contributed by atoms with E-state index in [1.54, 1.807) is 13.7 Å². The van der Waals surface area contributed by atoms with E-state index in [2.05, 4.69) is 12.1 Å². The molecule has 0 aliphatic carbocycles. The van der Waals surface area contributed by atoms with E-state index >= 15 is 26.3 Å². The molecule has 5 heterocycles. The minimum absolute atomic E-state index is 0.0354. The van der Waals surface area contributed by atoms with Gasteiger partial charge in [0.15, 0.2) is 5.58 Å². The van der Waals surface area contributed by atoms with Crippen LogP contribution in [0.2, 0.25) is 0 Å². The van der Waals surface area contributed by atoms with Gasteiger partial charge in [-0.2, -0.15) is 10.5 Å². The second-order valence-electron chi connectivity index (χ2n) is 19.1. The Labute approximate surface area is 424 Å². The summed E-state index contributed by atoms with van der Waals surface area (Å²) in [5.74, 6) is -3.71. The minimum atomic E-state index is -0.625. The Morgan fingerprint density at radius 2 is 0.671 bits per heavy atom. The number of fused-ring (bicyclic) bond motifs is 16. The summed E-state index contributed by atoms with van der Waals surface area (Å²) >= 11 is 0. The Bertz CT molecular complexity index is 5070. The number of benzene rings is 10. The van der Waals surface area contributed by atoms with Crippen molar-refractivity contribution >= 4 is 109 Å². The molecule has 0 aliphatic rings. The summed E-state index contributed by atoms with van der Waals surface area (Å²) in [5.41, 5.74) is 5.09. The molecule has 0 amide bonds. The van der Waals surface area contributed by atoms with Crippen molar-refractivity contribution in [1.29, 1.82) is 10.5 Å². The van der Waals surface area contributed by atoms with Gasteiger partial charge in [0, 0.05) is 53.9 Å². The first-order valence-electron chi connectivity index (χ1n) is 24.1. The maximum Gasteiger partial charge on any atom is 0.160 e. The molecule has 76 heavy (non-hydrogen) atoms. The number of aromatic nitrogens is 4. The Morgan fingerprint density at radius 1 is 0.342 bits per heavy atom. The molecule has 13 heteroatoms. The van der Waals surface area contributed by atoms with Crippen LogP contribution in [0.4, 0.5) is 26.3 Å². The van der Waals surface area contributed by atoms with E-state index in [1.165, 1.54) is 109 Å². The van der Waals surface area contributed by atoms with Gasteiger partial charge in [-0.05, 0) is 140 Å². The van der Waals surface area contributed by atoms with Gasteiger partial charge < -0.3 is 22.7 Å². The van der Waals surface area contributed by atoms with E-state index in [9.17, 15) is 10.5 Å². The molecular formula is C63H30F6N6O. The van der Waals surface area contributed by atoms with Crippen LogP contribution in [0.25, 0.3) is 132 Å². The van der Waals surface area contributed by atoms with Gasteiger partial charge in [0.1, 0.15) is 63.8 Å². The van der Waals surface area contributed by atoms with Crippen molar-refractivity contribution in [1.82, 2.24) is 18.3 Å². The summed E-state index contributed by atoms with van der Waals surface area (Å²) < 4.78 is 108. The topological polar surface area (TPSA) is 80.4 Å². The fraction of sp³-hybridized carbons (Fsp3) is 0.0159. The molecule has 5 aromatic heterocycles. The third-order valence-corrected chi connectivity index (χ3v) is 15.0. The van der Waals surface area contributed by atoms with Crippen molar-refractivity contribution in [3.05, 3.63) is 215 Å². The summed E-state index contributed by atoms with van der Waals surface area (Å²) in [7, 11) is 0. The molecule has 0 saturated heterocycles. The molecule has 0 N–H and O–H groups in total. The van der Waals surface area contributed by atoms with Crippen LogP contribution in [0.5, 0.6) is 0 Å². The number of halogens is 6. The molecule has 7 nitrogen and oxygen atoms in total. The van der Waals surface area contributed by atoms with Crippen LogP contribution in [0, 0.1) is 64.5 Å². The highest BCUT2D eigenvalue weighted by molar-refractivity contribution is 6.23. The Hall–Kier alpha value is -10.2. The number of nitriles is 2. The summed E-state index contributed by atoms with van der Waals surface area (Å²) in [6, 6.07) is 46.8. The van der Waals surface area contributed by atoms with Gasteiger partial charge in [-0.3, -0.25) is 0 Å². The maximum atomic E-state index is 15.7. The number of para-hydroxylation sites is 1. The molecule has 10 aromatic carbocycles. The van der Waals surface area contributed by atoms with E-state index in [0.29, 0.717) is 66.1 Å².